The molecule has 0 aromatic carbocycles. The Labute approximate surface area is 141 Å². The van der Waals surface area contributed by atoms with Crippen LogP contribution in [0, 0.1) is 0 Å². The van der Waals surface area contributed by atoms with E-state index in [0.717, 1.165) is 31.1 Å². The molecule has 1 aliphatic heterocycles. The minimum Gasteiger partial charge on any atom is -0.859 e. The van der Waals surface area contributed by atoms with E-state index in [2.05, 4.69) is 0 Å². The highest BCUT2D eigenvalue weighted by atomic mass is 16.3. The zero-order chi connectivity index (χ0) is 19.0. The van der Waals surface area contributed by atoms with Gasteiger partial charge in [0.15, 0.2) is 0 Å². The normalized spacial score (nSPS) is 15.5. The fourth-order valence-corrected chi connectivity index (χ4v) is 2.23. The van der Waals surface area contributed by atoms with Gasteiger partial charge in [0.25, 0.3) is 17.4 Å². The number of barbiturate groups is 1. The Morgan fingerprint density at radius 3 is 1.88 bits per heavy atom. The lowest BCUT2D eigenvalue weighted by molar-refractivity contribution is -0.280. The van der Waals surface area contributed by atoms with Crippen molar-refractivity contribution < 1.29 is 19.5 Å². The molecule has 132 valence electrons. The molecule has 0 spiro atoms. The summed E-state index contributed by atoms with van der Waals surface area (Å²) >= 11 is 0. The van der Waals surface area contributed by atoms with Gasteiger partial charge in [0.05, 0.1) is 0 Å². The molecule has 25 heavy (non-hydrogen) atoms. The van der Waals surface area contributed by atoms with Gasteiger partial charge in [0, 0.05) is 33.8 Å². The van der Waals surface area contributed by atoms with Gasteiger partial charge in [0.2, 0.25) is 0 Å². The first-order valence-electron chi connectivity index (χ1n) is 7.05. The van der Waals surface area contributed by atoms with E-state index >= 15 is 0 Å². The van der Waals surface area contributed by atoms with Crippen LogP contribution in [0.2, 0.25) is 0 Å². The number of amides is 4. The highest BCUT2D eigenvalue weighted by Crippen LogP contribution is 2.15. The zero-order valence-electron chi connectivity index (χ0n) is 14.0. The zero-order valence-corrected chi connectivity index (χ0v) is 14.0. The second-order valence-electron chi connectivity index (χ2n) is 5.37. The van der Waals surface area contributed by atoms with Gasteiger partial charge < -0.3 is 9.67 Å². The molecule has 0 unspecified atom stereocenters. The number of likely N-dealkylation sites (N-methyl/N-ethyl adjacent to an activating group) is 2. The standard InChI is InChI=1S/C15H16N4O6/c1-16-10(20)8(11(21)17(2)14(16)24)6-5-7-9-12(22)18(3)15(25)19(4)13(9)23/h5-7,20H,1-4H3/p-1/b6-5+. The Hall–Kier alpha value is -3.43. The van der Waals surface area contributed by atoms with Gasteiger partial charge in [-0.05, 0) is 18.0 Å². The molecule has 0 radical (unpaired) electrons. The SMILES string of the molecule is CN1C(=O)C(=C/C=C/c2c([O-])n(C)c(=O)n(C)c2=O)C(=O)N(C)C1=O. The summed E-state index contributed by atoms with van der Waals surface area (Å²) in [5.74, 6) is -2.39. The third kappa shape index (κ3) is 2.77. The van der Waals surface area contributed by atoms with Gasteiger partial charge in [-0.1, -0.05) is 6.08 Å². The molecule has 4 amide bonds. The Morgan fingerprint density at radius 1 is 0.840 bits per heavy atom. The summed E-state index contributed by atoms with van der Waals surface area (Å²) in [4.78, 5) is 60.8. The summed E-state index contributed by atoms with van der Waals surface area (Å²) in [6, 6.07) is -0.759. The van der Waals surface area contributed by atoms with Crippen LogP contribution >= 0.6 is 0 Å². The topological polar surface area (TPSA) is 125 Å². The molecule has 1 aromatic rings. The molecule has 1 aliphatic rings. The lowest BCUT2D eigenvalue weighted by atomic mass is 10.1. The van der Waals surface area contributed by atoms with Crippen molar-refractivity contribution in [2.45, 2.75) is 0 Å². The van der Waals surface area contributed by atoms with E-state index in [0.29, 0.717) is 0 Å². The van der Waals surface area contributed by atoms with E-state index in [-0.39, 0.29) is 11.1 Å². The molecule has 2 rings (SSSR count). The van der Waals surface area contributed by atoms with Crippen LogP contribution in [0.1, 0.15) is 5.56 Å². The third-order valence-electron chi connectivity index (χ3n) is 3.81. The van der Waals surface area contributed by atoms with Crippen LogP contribution in [0.3, 0.4) is 0 Å². The number of carbonyl (C=O) groups is 3. The third-order valence-corrected chi connectivity index (χ3v) is 3.81. The highest BCUT2D eigenvalue weighted by molar-refractivity contribution is 6.28. The van der Waals surface area contributed by atoms with E-state index in [4.69, 9.17) is 0 Å². The van der Waals surface area contributed by atoms with Crippen molar-refractivity contribution in [2.75, 3.05) is 14.1 Å². The first kappa shape index (κ1) is 17.9. The van der Waals surface area contributed by atoms with Crippen LogP contribution in [0.4, 0.5) is 4.79 Å². The molecular formula is C15H15N4O6-. The number of nitrogens with zero attached hydrogens (tertiary/aromatic N) is 4. The molecule has 0 aliphatic carbocycles. The minimum absolute atomic E-state index is 0.296. The lowest BCUT2D eigenvalue weighted by Gasteiger charge is -2.28. The Balaban J connectivity index is 2.48. The number of imide groups is 2. The Bertz CT molecular complexity index is 939. The molecule has 1 fully saturated rings. The summed E-state index contributed by atoms with van der Waals surface area (Å²) in [5.41, 5.74) is -2.15. The number of hydrogen-bond acceptors (Lipinski definition) is 6. The number of aromatic nitrogens is 2. The quantitative estimate of drug-likeness (QED) is 0.457. The van der Waals surface area contributed by atoms with Gasteiger partial charge in [-0.2, -0.15) is 0 Å². The van der Waals surface area contributed by atoms with E-state index in [9.17, 15) is 29.1 Å². The predicted octanol–water partition coefficient (Wildman–Crippen LogP) is -1.85. The number of hydrogen-bond donors (Lipinski definition) is 0. The van der Waals surface area contributed by atoms with E-state index < -0.39 is 35.0 Å². The van der Waals surface area contributed by atoms with E-state index in [1.165, 1.54) is 34.3 Å². The average Bonchev–Trinajstić information content (AvgIpc) is 2.60. The van der Waals surface area contributed by atoms with Crippen LogP contribution in [0.15, 0.2) is 27.3 Å². The molecule has 0 saturated carbocycles. The van der Waals surface area contributed by atoms with E-state index in [1.54, 1.807) is 0 Å². The van der Waals surface area contributed by atoms with Crippen molar-refractivity contribution in [3.63, 3.8) is 0 Å². The molecule has 10 heteroatoms. The van der Waals surface area contributed by atoms with Crippen LogP contribution in [-0.4, -0.2) is 50.9 Å². The fourth-order valence-electron chi connectivity index (χ4n) is 2.23. The smallest absolute Gasteiger partial charge is 0.333 e. The summed E-state index contributed by atoms with van der Waals surface area (Å²) in [6.07, 6.45) is 3.38. The number of rotatable bonds is 2. The molecule has 0 N–H and O–H groups in total. The van der Waals surface area contributed by atoms with Crippen LogP contribution < -0.4 is 16.4 Å². The molecule has 1 saturated heterocycles. The predicted molar refractivity (Wildman–Crippen MR) is 84.4 cm³/mol. The molecule has 0 bridgehead atoms. The summed E-state index contributed by atoms with van der Waals surface area (Å²) in [5, 5.41) is 12.0. The second kappa shape index (κ2) is 6.23. The van der Waals surface area contributed by atoms with Crippen molar-refractivity contribution >= 4 is 23.9 Å². The van der Waals surface area contributed by atoms with Crippen LogP contribution in [0.25, 0.3) is 6.08 Å². The maximum Gasteiger partial charge on any atom is 0.333 e. The van der Waals surface area contributed by atoms with Gasteiger partial charge in [-0.15, -0.1) is 0 Å². The fraction of sp³-hybridized carbons (Fsp3) is 0.267. The monoisotopic (exact) mass is 347 g/mol. The summed E-state index contributed by atoms with van der Waals surface area (Å²) in [6.45, 7) is 0. The molecule has 2 heterocycles. The van der Waals surface area contributed by atoms with Crippen molar-refractivity contribution in [1.82, 2.24) is 18.9 Å². The second-order valence-corrected chi connectivity index (χ2v) is 5.37. The largest absolute Gasteiger partial charge is 0.859 e. The van der Waals surface area contributed by atoms with Crippen LogP contribution in [-0.2, 0) is 23.7 Å². The van der Waals surface area contributed by atoms with E-state index in [1.807, 2.05) is 0 Å². The van der Waals surface area contributed by atoms with Crippen molar-refractivity contribution in [3.8, 4) is 5.88 Å². The maximum absolute atomic E-state index is 12.0. The van der Waals surface area contributed by atoms with Crippen LogP contribution in [0.5, 0.6) is 5.88 Å². The lowest BCUT2D eigenvalue weighted by Crippen LogP contribution is -2.52. The van der Waals surface area contributed by atoms with Crippen molar-refractivity contribution in [1.29, 1.82) is 0 Å². The summed E-state index contributed by atoms with van der Waals surface area (Å²) in [7, 11) is 4.90. The number of allylic oxidation sites excluding steroid dienone is 2. The first-order valence-corrected chi connectivity index (χ1v) is 7.05. The average molecular weight is 347 g/mol. The minimum atomic E-state index is -0.798. The number of urea groups is 1. The molecule has 10 nitrogen and oxygen atoms in total. The van der Waals surface area contributed by atoms with Gasteiger partial charge in [0.1, 0.15) is 5.57 Å². The maximum atomic E-state index is 12.0. The Morgan fingerprint density at radius 2 is 1.36 bits per heavy atom. The summed E-state index contributed by atoms with van der Waals surface area (Å²) < 4.78 is 1.54. The molecule has 0 atom stereocenters. The molecular weight excluding hydrogens is 332 g/mol. The number of carbonyl (C=O) groups excluding carboxylic acids is 3. The molecule has 1 aromatic heterocycles. The van der Waals surface area contributed by atoms with Crippen molar-refractivity contribution in [2.24, 2.45) is 14.1 Å². The Kier molecular flexibility index (Phi) is 4.46. The highest BCUT2D eigenvalue weighted by Gasteiger charge is 2.37. The van der Waals surface area contributed by atoms with Crippen molar-refractivity contribution in [3.05, 3.63) is 44.1 Å². The van der Waals surface area contributed by atoms with Gasteiger partial charge in [-0.3, -0.25) is 28.8 Å². The van der Waals surface area contributed by atoms with Gasteiger partial charge in [-0.25, -0.2) is 9.59 Å². The first-order chi connectivity index (χ1) is 11.6. The van der Waals surface area contributed by atoms with Gasteiger partial charge >= 0.3 is 11.7 Å².